The van der Waals surface area contributed by atoms with Gasteiger partial charge in [0.1, 0.15) is 6.61 Å². The fraction of sp³-hybridized carbons (Fsp3) is 0.909. The lowest BCUT2D eigenvalue weighted by atomic mass is 9.64. The maximum atomic E-state index is 11.5. The molecule has 0 heterocycles. The Morgan fingerprint density at radius 3 is 2.75 bits per heavy atom. The second-order valence-electron chi connectivity index (χ2n) is 4.74. The second kappa shape index (κ2) is 5.61. The van der Waals surface area contributed by atoms with Gasteiger partial charge in [0.15, 0.2) is 0 Å². The number of hydrogen-bond acceptors (Lipinski definition) is 4. The molecule has 2 atom stereocenters. The van der Waals surface area contributed by atoms with Crippen molar-refractivity contribution in [2.45, 2.75) is 32.4 Å². The summed E-state index contributed by atoms with van der Waals surface area (Å²) in [6.07, 6.45) is 1.09. The van der Waals surface area contributed by atoms with Crippen molar-refractivity contribution in [3.05, 3.63) is 0 Å². The molecule has 1 fully saturated rings. The number of amides is 1. The monoisotopic (exact) mass is 230 g/mol. The molecule has 0 aromatic heterocycles. The molecule has 0 aromatic rings. The van der Waals surface area contributed by atoms with Gasteiger partial charge in [-0.25, -0.2) is 0 Å². The summed E-state index contributed by atoms with van der Waals surface area (Å²) < 4.78 is 10.4. The highest BCUT2D eigenvalue weighted by Crippen LogP contribution is 2.42. The van der Waals surface area contributed by atoms with Crippen LogP contribution in [0.15, 0.2) is 0 Å². The van der Waals surface area contributed by atoms with Crippen molar-refractivity contribution in [3.8, 4) is 0 Å². The third-order valence-corrected chi connectivity index (χ3v) is 3.29. The van der Waals surface area contributed by atoms with Crippen LogP contribution in [0.5, 0.6) is 0 Å². The van der Waals surface area contributed by atoms with Crippen molar-refractivity contribution in [3.63, 3.8) is 0 Å². The molecule has 0 spiro atoms. The molecule has 0 radical (unpaired) electrons. The van der Waals surface area contributed by atoms with Crippen LogP contribution in [0.25, 0.3) is 0 Å². The quantitative estimate of drug-likeness (QED) is 0.624. The highest BCUT2D eigenvalue weighted by Gasteiger charge is 2.49. The standard InChI is InChI=1S/C11H22N2O3/c1-11(2)8(6-9(11)15-3)13-10(14)7-16-5-4-12/h8-9H,4-7,12H2,1-3H3,(H,13,14). The van der Waals surface area contributed by atoms with Crippen molar-refractivity contribution in [2.24, 2.45) is 11.1 Å². The SMILES string of the molecule is COC1CC(NC(=O)COCCN)C1(C)C. The molecule has 0 bridgehead atoms. The minimum atomic E-state index is -0.0823. The lowest BCUT2D eigenvalue weighted by Gasteiger charge is -2.51. The zero-order valence-electron chi connectivity index (χ0n) is 10.3. The Labute approximate surface area is 96.7 Å². The van der Waals surface area contributed by atoms with Crippen LogP contribution >= 0.6 is 0 Å². The van der Waals surface area contributed by atoms with E-state index in [2.05, 4.69) is 19.2 Å². The molecule has 16 heavy (non-hydrogen) atoms. The van der Waals surface area contributed by atoms with Crippen LogP contribution in [-0.4, -0.2) is 44.9 Å². The van der Waals surface area contributed by atoms with E-state index in [4.69, 9.17) is 15.2 Å². The average Bonchev–Trinajstić information content (AvgIpc) is 2.24. The number of carbonyl (C=O) groups excluding carboxylic acids is 1. The van der Waals surface area contributed by atoms with Crippen molar-refractivity contribution in [2.75, 3.05) is 26.9 Å². The van der Waals surface area contributed by atoms with Crippen LogP contribution < -0.4 is 11.1 Å². The zero-order chi connectivity index (χ0) is 12.2. The first-order valence-electron chi connectivity index (χ1n) is 5.62. The maximum absolute atomic E-state index is 11.5. The highest BCUT2D eigenvalue weighted by molar-refractivity contribution is 5.77. The summed E-state index contributed by atoms with van der Waals surface area (Å²) >= 11 is 0. The first kappa shape index (κ1) is 13.4. The van der Waals surface area contributed by atoms with E-state index < -0.39 is 0 Å². The summed E-state index contributed by atoms with van der Waals surface area (Å²) in [6.45, 7) is 5.13. The predicted molar refractivity (Wildman–Crippen MR) is 61.0 cm³/mol. The molecule has 0 aliphatic heterocycles. The van der Waals surface area contributed by atoms with E-state index in [9.17, 15) is 4.79 Å². The number of hydrogen-bond donors (Lipinski definition) is 2. The first-order valence-corrected chi connectivity index (χ1v) is 5.62. The van der Waals surface area contributed by atoms with E-state index in [0.29, 0.717) is 13.2 Å². The first-order chi connectivity index (χ1) is 7.52. The molecule has 5 nitrogen and oxygen atoms in total. The fourth-order valence-corrected chi connectivity index (χ4v) is 2.01. The summed E-state index contributed by atoms with van der Waals surface area (Å²) in [5.74, 6) is -0.0823. The van der Waals surface area contributed by atoms with Crippen molar-refractivity contribution in [1.82, 2.24) is 5.32 Å². The number of rotatable bonds is 6. The lowest BCUT2D eigenvalue weighted by Crippen LogP contribution is -2.62. The Hall–Kier alpha value is -0.650. The number of methoxy groups -OCH3 is 1. The molecule has 5 heteroatoms. The lowest BCUT2D eigenvalue weighted by molar-refractivity contribution is -0.136. The molecular formula is C11H22N2O3. The molecule has 3 N–H and O–H groups in total. The van der Waals surface area contributed by atoms with Gasteiger partial charge in [-0.05, 0) is 6.42 Å². The van der Waals surface area contributed by atoms with Crippen molar-refractivity contribution < 1.29 is 14.3 Å². The van der Waals surface area contributed by atoms with Crippen LogP contribution in [0.4, 0.5) is 0 Å². The van der Waals surface area contributed by atoms with E-state index >= 15 is 0 Å². The third-order valence-electron chi connectivity index (χ3n) is 3.29. The summed E-state index contributed by atoms with van der Waals surface area (Å²) in [7, 11) is 1.70. The van der Waals surface area contributed by atoms with Gasteiger partial charge in [0, 0.05) is 25.1 Å². The van der Waals surface area contributed by atoms with Gasteiger partial charge < -0.3 is 20.5 Å². The fourth-order valence-electron chi connectivity index (χ4n) is 2.01. The van der Waals surface area contributed by atoms with Gasteiger partial charge in [0.25, 0.3) is 0 Å². The van der Waals surface area contributed by atoms with Gasteiger partial charge in [0.2, 0.25) is 5.91 Å². The highest BCUT2D eigenvalue weighted by atomic mass is 16.5. The molecule has 1 rings (SSSR count). The minimum absolute atomic E-state index is 0.00171. The van der Waals surface area contributed by atoms with Crippen molar-refractivity contribution in [1.29, 1.82) is 0 Å². The van der Waals surface area contributed by atoms with E-state index in [1.54, 1.807) is 7.11 Å². The van der Waals surface area contributed by atoms with Gasteiger partial charge in [0.05, 0.1) is 12.7 Å². The third kappa shape index (κ3) is 2.93. The Morgan fingerprint density at radius 2 is 2.25 bits per heavy atom. The molecular weight excluding hydrogens is 208 g/mol. The average molecular weight is 230 g/mol. The molecule has 1 amide bonds. The predicted octanol–water partition coefficient (Wildman–Crippen LogP) is -0.109. The summed E-state index contributed by atoms with van der Waals surface area (Å²) in [4.78, 5) is 11.5. The largest absolute Gasteiger partial charge is 0.381 e. The number of carbonyl (C=O) groups is 1. The Kier molecular flexibility index (Phi) is 4.70. The van der Waals surface area contributed by atoms with Gasteiger partial charge in [-0.2, -0.15) is 0 Å². The Balaban J connectivity index is 2.26. The van der Waals surface area contributed by atoms with Gasteiger partial charge >= 0.3 is 0 Å². The van der Waals surface area contributed by atoms with Gasteiger partial charge in [-0.1, -0.05) is 13.8 Å². The Morgan fingerprint density at radius 1 is 1.56 bits per heavy atom. The summed E-state index contributed by atoms with van der Waals surface area (Å²) in [5, 5.41) is 2.95. The molecule has 2 unspecified atom stereocenters. The Bertz CT molecular complexity index is 243. The van der Waals surface area contributed by atoms with Crippen LogP contribution in [0.3, 0.4) is 0 Å². The van der Waals surface area contributed by atoms with E-state index in [0.717, 1.165) is 6.42 Å². The number of ether oxygens (including phenoxy) is 2. The minimum Gasteiger partial charge on any atom is -0.381 e. The van der Waals surface area contributed by atoms with Crippen molar-refractivity contribution >= 4 is 5.91 Å². The van der Waals surface area contributed by atoms with Crippen LogP contribution in [-0.2, 0) is 14.3 Å². The molecule has 1 saturated carbocycles. The molecule has 94 valence electrons. The number of nitrogens with one attached hydrogen (secondary N) is 1. The van der Waals surface area contributed by atoms with E-state index in [1.807, 2.05) is 0 Å². The molecule has 1 aliphatic rings. The second-order valence-corrected chi connectivity index (χ2v) is 4.74. The van der Waals surface area contributed by atoms with Crippen LogP contribution in [0.1, 0.15) is 20.3 Å². The van der Waals surface area contributed by atoms with E-state index in [1.165, 1.54) is 0 Å². The topological polar surface area (TPSA) is 73.6 Å². The summed E-state index contributed by atoms with van der Waals surface area (Å²) in [6, 6.07) is 0.173. The van der Waals surface area contributed by atoms with Gasteiger partial charge in [-0.3, -0.25) is 4.79 Å². The molecule has 0 aromatic carbocycles. The maximum Gasteiger partial charge on any atom is 0.246 e. The van der Waals surface area contributed by atoms with Crippen LogP contribution in [0, 0.1) is 5.41 Å². The summed E-state index contributed by atoms with van der Waals surface area (Å²) in [5.41, 5.74) is 5.26. The molecule has 0 saturated heterocycles. The van der Waals surface area contributed by atoms with Crippen LogP contribution in [0.2, 0.25) is 0 Å². The zero-order valence-corrected chi connectivity index (χ0v) is 10.3. The van der Waals surface area contributed by atoms with E-state index in [-0.39, 0.29) is 30.1 Å². The normalized spacial score (nSPS) is 27.2. The molecule has 1 aliphatic carbocycles. The number of nitrogens with two attached hydrogens (primary N) is 1. The van der Waals surface area contributed by atoms with Gasteiger partial charge in [-0.15, -0.1) is 0 Å². The smallest absolute Gasteiger partial charge is 0.246 e.